The van der Waals surface area contributed by atoms with Gasteiger partial charge in [0.1, 0.15) is 0 Å². The van der Waals surface area contributed by atoms with Crippen LogP contribution in [-0.4, -0.2) is 60.4 Å². The van der Waals surface area contributed by atoms with Crippen LogP contribution < -0.4 is 5.32 Å². The van der Waals surface area contributed by atoms with Gasteiger partial charge in [-0.25, -0.2) is 0 Å². The molecule has 0 fully saturated rings. The lowest BCUT2D eigenvalue weighted by Gasteiger charge is -2.27. The quantitative estimate of drug-likeness (QED) is 0.719. The molecule has 0 unspecified atom stereocenters. The number of hydrogen-bond acceptors (Lipinski definition) is 3. The summed E-state index contributed by atoms with van der Waals surface area (Å²) < 4.78 is 0. The normalized spacial score (nSPS) is 11.5. The third-order valence-corrected chi connectivity index (χ3v) is 3.30. The van der Waals surface area contributed by atoms with Crippen LogP contribution in [0.1, 0.15) is 41.0 Å². The van der Waals surface area contributed by atoms with Gasteiger partial charge < -0.3 is 10.2 Å². The average Bonchev–Trinajstić information content (AvgIpc) is 2.29. The standard InChI is InChI=1S/C14H29N3O2/c1-7-14(4,5)15-12(18)10-16(6)11-13(19)17(8-2)9-3/h7-11H2,1-6H3,(H,15,18). The first-order chi connectivity index (χ1) is 8.75. The molecule has 1 N–H and O–H groups in total. The van der Waals surface area contributed by atoms with Crippen LogP contribution in [0.5, 0.6) is 0 Å². The van der Waals surface area contributed by atoms with Gasteiger partial charge in [-0.1, -0.05) is 6.92 Å². The van der Waals surface area contributed by atoms with E-state index in [0.717, 1.165) is 6.42 Å². The van der Waals surface area contributed by atoms with Gasteiger partial charge in [-0.2, -0.15) is 0 Å². The number of nitrogens with one attached hydrogen (secondary N) is 1. The fraction of sp³-hybridized carbons (Fsp3) is 0.857. The van der Waals surface area contributed by atoms with Gasteiger partial charge in [-0.15, -0.1) is 0 Å². The highest BCUT2D eigenvalue weighted by atomic mass is 16.2. The number of carbonyl (C=O) groups excluding carboxylic acids is 2. The summed E-state index contributed by atoms with van der Waals surface area (Å²) in [4.78, 5) is 27.3. The summed E-state index contributed by atoms with van der Waals surface area (Å²) in [6, 6.07) is 0. The van der Waals surface area contributed by atoms with E-state index in [4.69, 9.17) is 0 Å². The molecule has 0 aromatic rings. The number of likely N-dealkylation sites (N-methyl/N-ethyl adjacent to an activating group) is 2. The number of amides is 2. The Labute approximate surface area is 117 Å². The topological polar surface area (TPSA) is 52.7 Å². The molecule has 0 rings (SSSR count). The molecule has 0 saturated heterocycles. The van der Waals surface area contributed by atoms with E-state index in [9.17, 15) is 9.59 Å². The van der Waals surface area contributed by atoms with Crippen molar-refractivity contribution in [3.8, 4) is 0 Å². The molecule has 5 heteroatoms. The largest absolute Gasteiger partial charge is 0.350 e. The van der Waals surface area contributed by atoms with Crippen molar-refractivity contribution in [1.82, 2.24) is 15.1 Å². The van der Waals surface area contributed by atoms with Crippen LogP contribution in [0.4, 0.5) is 0 Å². The molecule has 0 radical (unpaired) electrons. The van der Waals surface area contributed by atoms with Gasteiger partial charge >= 0.3 is 0 Å². The summed E-state index contributed by atoms with van der Waals surface area (Å²) in [6.45, 7) is 11.9. The molecule has 2 amide bonds. The molecule has 0 atom stereocenters. The molecule has 0 aromatic heterocycles. The lowest BCUT2D eigenvalue weighted by Crippen LogP contribution is -2.48. The second-order valence-electron chi connectivity index (χ2n) is 5.52. The van der Waals surface area contributed by atoms with E-state index in [1.165, 1.54) is 0 Å². The van der Waals surface area contributed by atoms with E-state index in [2.05, 4.69) is 5.32 Å². The second-order valence-corrected chi connectivity index (χ2v) is 5.52. The first kappa shape index (κ1) is 17.9. The van der Waals surface area contributed by atoms with E-state index in [-0.39, 0.29) is 30.4 Å². The summed E-state index contributed by atoms with van der Waals surface area (Å²) in [6.07, 6.45) is 0.876. The average molecular weight is 271 g/mol. The summed E-state index contributed by atoms with van der Waals surface area (Å²) in [5, 5.41) is 2.96. The minimum atomic E-state index is -0.194. The maximum Gasteiger partial charge on any atom is 0.236 e. The van der Waals surface area contributed by atoms with Crippen molar-refractivity contribution in [2.24, 2.45) is 0 Å². The summed E-state index contributed by atoms with van der Waals surface area (Å²) >= 11 is 0. The van der Waals surface area contributed by atoms with E-state index < -0.39 is 0 Å². The van der Waals surface area contributed by atoms with Crippen molar-refractivity contribution in [2.75, 3.05) is 33.2 Å². The van der Waals surface area contributed by atoms with Crippen molar-refractivity contribution in [2.45, 2.75) is 46.6 Å². The van der Waals surface area contributed by atoms with Crippen LogP contribution >= 0.6 is 0 Å². The number of nitrogens with zero attached hydrogens (tertiary/aromatic N) is 2. The van der Waals surface area contributed by atoms with E-state index >= 15 is 0 Å². The Morgan fingerprint density at radius 1 is 1.05 bits per heavy atom. The second kappa shape index (κ2) is 8.15. The minimum absolute atomic E-state index is 0.0401. The van der Waals surface area contributed by atoms with Crippen LogP contribution in [0.2, 0.25) is 0 Å². The van der Waals surface area contributed by atoms with Crippen molar-refractivity contribution in [1.29, 1.82) is 0 Å². The number of carbonyl (C=O) groups is 2. The van der Waals surface area contributed by atoms with Crippen molar-refractivity contribution >= 4 is 11.8 Å². The van der Waals surface area contributed by atoms with Gasteiger partial charge in [0.2, 0.25) is 11.8 Å². The predicted molar refractivity (Wildman–Crippen MR) is 77.9 cm³/mol. The molecule has 112 valence electrons. The molecule has 0 aliphatic rings. The van der Waals surface area contributed by atoms with E-state index in [1.807, 2.05) is 34.6 Å². The van der Waals surface area contributed by atoms with Gasteiger partial charge in [0, 0.05) is 18.6 Å². The SMILES string of the molecule is CCN(CC)C(=O)CN(C)CC(=O)NC(C)(C)CC. The predicted octanol–water partition coefficient (Wildman–Crippen LogP) is 1.09. The molecule has 19 heavy (non-hydrogen) atoms. The van der Waals surface area contributed by atoms with Crippen molar-refractivity contribution in [3.63, 3.8) is 0 Å². The fourth-order valence-corrected chi connectivity index (χ4v) is 1.71. The maximum absolute atomic E-state index is 11.9. The molecular weight excluding hydrogens is 242 g/mol. The zero-order valence-corrected chi connectivity index (χ0v) is 13.2. The minimum Gasteiger partial charge on any atom is -0.350 e. The van der Waals surface area contributed by atoms with Crippen LogP contribution in [0.3, 0.4) is 0 Å². The molecule has 0 aliphatic carbocycles. The van der Waals surface area contributed by atoms with Crippen molar-refractivity contribution in [3.05, 3.63) is 0 Å². The number of rotatable bonds is 8. The monoisotopic (exact) mass is 271 g/mol. The summed E-state index contributed by atoms with van der Waals surface area (Å²) in [5.74, 6) is 0.0248. The molecule has 0 spiro atoms. The molecule has 0 bridgehead atoms. The third-order valence-electron chi connectivity index (χ3n) is 3.30. The molecule has 0 heterocycles. The molecule has 0 saturated carbocycles. The van der Waals surface area contributed by atoms with E-state index in [0.29, 0.717) is 13.1 Å². The van der Waals surface area contributed by atoms with Crippen LogP contribution in [0.15, 0.2) is 0 Å². The smallest absolute Gasteiger partial charge is 0.236 e. The van der Waals surface area contributed by atoms with Gasteiger partial charge in [0.05, 0.1) is 13.1 Å². The van der Waals surface area contributed by atoms with E-state index in [1.54, 1.807) is 16.8 Å². The highest BCUT2D eigenvalue weighted by Gasteiger charge is 2.20. The first-order valence-corrected chi connectivity index (χ1v) is 7.03. The zero-order valence-electron chi connectivity index (χ0n) is 13.2. The molecular formula is C14H29N3O2. The van der Waals surface area contributed by atoms with Gasteiger partial charge in [0.25, 0.3) is 0 Å². The Kier molecular flexibility index (Phi) is 7.68. The summed E-state index contributed by atoms with van der Waals surface area (Å²) in [7, 11) is 1.79. The van der Waals surface area contributed by atoms with Gasteiger partial charge in [-0.3, -0.25) is 14.5 Å². The van der Waals surface area contributed by atoms with Crippen LogP contribution in [0.25, 0.3) is 0 Å². The fourth-order valence-electron chi connectivity index (χ4n) is 1.71. The highest BCUT2D eigenvalue weighted by Crippen LogP contribution is 2.06. The third kappa shape index (κ3) is 7.15. The Morgan fingerprint density at radius 3 is 2.00 bits per heavy atom. The molecule has 5 nitrogen and oxygen atoms in total. The highest BCUT2D eigenvalue weighted by molar-refractivity contribution is 5.81. The van der Waals surface area contributed by atoms with Gasteiger partial charge in [0.15, 0.2) is 0 Å². The van der Waals surface area contributed by atoms with Crippen LogP contribution in [-0.2, 0) is 9.59 Å². The van der Waals surface area contributed by atoms with Gasteiger partial charge in [-0.05, 0) is 41.2 Å². The summed E-state index contributed by atoms with van der Waals surface area (Å²) in [5.41, 5.74) is -0.194. The Bertz CT molecular complexity index is 299. The zero-order chi connectivity index (χ0) is 15.1. The lowest BCUT2D eigenvalue weighted by atomic mass is 10.0. The van der Waals surface area contributed by atoms with Crippen LogP contribution in [0, 0.1) is 0 Å². The lowest BCUT2D eigenvalue weighted by molar-refractivity contribution is -0.132. The first-order valence-electron chi connectivity index (χ1n) is 7.03. The Balaban J connectivity index is 4.21. The Morgan fingerprint density at radius 2 is 1.58 bits per heavy atom. The Hall–Kier alpha value is -1.10. The maximum atomic E-state index is 11.9. The molecule has 0 aliphatic heterocycles. The molecule has 0 aromatic carbocycles. The van der Waals surface area contributed by atoms with Crippen molar-refractivity contribution < 1.29 is 9.59 Å². The number of hydrogen-bond donors (Lipinski definition) is 1.